The molecule has 1 aliphatic rings. The summed E-state index contributed by atoms with van der Waals surface area (Å²) in [7, 11) is 0. The Morgan fingerprint density at radius 3 is 2.81 bits per heavy atom. The van der Waals surface area contributed by atoms with Crippen LogP contribution in [0.1, 0.15) is 30.9 Å². The summed E-state index contributed by atoms with van der Waals surface area (Å²) in [6, 6.07) is 7.93. The zero-order chi connectivity index (χ0) is 17.7. The van der Waals surface area contributed by atoms with Crippen LogP contribution < -0.4 is 15.4 Å². The average Bonchev–Trinajstić information content (AvgIpc) is 3.17. The molecule has 2 aromatic rings. The molecule has 1 fully saturated rings. The minimum atomic E-state index is -0.620. The van der Waals surface area contributed by atoms with Crippen LogP contribution >= 0.6 is 12.4 Å². The molecule has 3 rings (SSSR count). The standard InChI is InChI=1S/C19H26N4O2.ClH/c1-3-25-17-13-15(2)5-6-16(17)14-21-18(24)19(7-10-20-11-8-19)23-12-4-9-22-23;/h4-6,9,12-13,20H,3,7-8,10-11,14H2,1-2H3,(H,21,24);1H. The predicted octanol–water partition coefficient (Wildman–Crippen LogP) is 2.41. The van der Waals surface area contributed by atoms with Crippen molar-refractivity contribution in [1.82, 2.24) is 20.4 Å². The first-order chi connectivity index (χ1) is 12.2. The highest BCUT2D eigenvalue weighted by Crippen LogP contribution is 2.28. The van der Waals surface area contributed by atoms with Gasteiger partial charge in [-0.15, -0.1) is 12.4 Å². The molecule has 1 aromatic carbocycles. The number of piperidine rings is 1. The minimum absolute atomic E-state index is 0. The van der Waals surface area contributed by atoms with Gasteiger partial charge in [-0.1, -0.05) is 12.1 Å². The molecule has 6 nitrogen and oxygen atoms in total. The van der Waals surface area contributed by atoms with Crippen LogP contribution in [-0.2, 0) is 16.9 Å². The maximum absolute atomic E-state index is 13.1. The maximum Gasteiger partial charge on any atom is 0.248 e. The molecule has 26 heavy (non-hydrogen) atoms. The topological polar surface area (TPSA) is 68.2 Å². The Balaban J connectivity index is 0.00000243. The molecule has 1 amide bonds. The molecule has 0 atom stereocenters. The molecule has 0 saturated carbocycles. The number of nitrogens with one attached hydrogen (secondary N) is 2. The number of amides is 1. The third-order valence-electron chi connectivity index (χ3n) is 4.76. The Kier molecular flexibility index (Phi) is 7.06. The zero-order valence-corrected chi connectivity index (χ0v) is 16.1. The van der Waals surface area contributed by atoms with Gasteiger partial charge >= 0.3 is 0 Å². The Hall–Kier alpha value is -2.05. The van der Waals surface area contributed by atoms with E-state index in [4.69, 9.17) is 4.74 Å². The first-order valence-corrected chi connectivity index (χ1v) is 8.87. The fourth-order valence-electron chi connectivity index (χ4n) is 3.36. The summed E-state index contributed by atoms with van der Waals surface area (Å²) >= 11 is 0. The lowest BCUT2D eigenvalue weighted by Crippen LogP contribution is -2.54. The summed E-state index contributed by atoms with van der Waals surface area (Å²) in [6.07, 6.45) is 5.06. The molecule has 1 saturated heterocycles. The Morgan fingerprint density at radius 1 is 1.38 bits per heavy atom. The molecule has 0 bridgehead atoms. The van der Waals surface area contributed by atoms with E-state index < -0.39 is 5.54 Å². The Morgan fingerprint density at radius 2 is 2.15 bits per heavy atom. The summed E-state index contributed by atoms with van der Waals surface area (Å²) in [5, 5.41) is 10.8. The number of nitrogens with zero attached hydrogens (tertiary/aromatic N) is 2. The number of ether oxygens (including phenoxy) is 1. The second-order valence-electron chi connectivity index (χ2n) is 6.46. The average molecular weight is 379 g/mol. The first kappa shape index (κ1) is 20.3. The van der Waals surface area contributed by atoms with Crippen LogP contribution in [0.5, 0.6) is 5.75 Å². The summed E-state index contributed by atoms with van der Waals surface area (Å²) in [6.45, 7) is 6.67. The number of hydrogen-bond acceptors (Lipinski definition) is 4. The van der Waals surface area contributed by atoms with Gasteiger partial charge in [-0.3, -0.25) is 9.48 Å². The van der Waals surface area contributed by atoms with Crippen molar-refractivity contribution in [3.8, 4) is 5.75 Å². The van der Waals surface area contributed by atoms with Gasteiger partial charge in [0.15, 0.2) is 0 Å². The van der Waals surface area contributed by atoms with Crippen LogP contribution in [0.15, 0.2) is 36.7 Å². The molecule has 0 spiro atoms. The lowest BCUT2D eigenvalue weighted by molar-refractivity contribution is -0.132. The number of benzene rings is 1. The number of halogens is 1. The summed E-state index contributed by atoms with van der Waals surface area (Å²) in [4.78, 5) is 13.1. The smallest absolute Gasteiger partial charge is 0.248 e. The summed E-state index contributed by atoms with van der Waals surface area (Å²) < 4.78 is 7.52. The molecular formula is C19H27ClN4O2. The molecule has 2 N–H and O–H groups in total. The lowest BCUT2D eigenvalue weighted by atomic mass is 9.87. The van der Waals surface area contributed by atoms with Gasteiger partial charge in [0.2, 0.25) is 5.91 Å². The van der Waals surface area contributed by atoms with E-state index in [1.165, 1.54) is 0 Å². The van der Waals surface area contributed by atoms with Crippen molar-refractivity contribution >= 4 is 18.3 Å². The normalized spacial score (nSPS) is 15.8. The highest BCUT2D eigenvalue weighted by Gasteiger charge is 2.41. The van der Waals surface area contributed by atoms with Crippen LogP contribution in [0.25, 0.3) is 0 Å². The minimum Gasteiger partial charge on any atom is -0.494 e. The van der Waals surface area contributed by atoms with E-state index in [0.29, 0.717) is 13.2 Å². The number of aromatic nitrogens is 2. The largest absolute Gasteiger partial charge is 0.494 e. The van der Waals surface area contributed by atoms with Crippen LogP contribution in [0.3, 0.4) is 0 Å². The van der Waals surface area contributed by atoms with E-state index >= 15 is 0 Å². The zero-order valence-electron chi connectivity index (χ0n) is 15.3. The van der Waals surface area contributed by atoms with E-state index in [9.17, 15) is 4.79 Å². The highest BCUT2D eigenvalue weighted by molar-refractivity contribution is 5.85. The molecular weight excluding hydrogens is 352 g/mol. The first-order valence-electron chi connectivity index (χ1n) is 8.87. The number of hydrogen-bond donors (Lipinski definition) is 2. The fraction of sp³-hybridized carbons (Fsp3) is 0.474. The van der Waals surface area contributed by atoms with Crippen molar-refractivity contribution in [2.24, 2.45) is 0 Å². The summed E-state index contributed by atoms with van der Waals surface area (Å²) in [5.41, 5.74) is 1.51. The molecule has 7 heteroatoms. The molecule has 2 heterocycles. The number of aryl methyl sites for hydroxylation is 1. The van der Waals surface area contributed by atoms with E-state index in [1.54, 1.807) is 6.20 Å². The number of rotatable bonds is 6. The van der Waals surface area contributed by atoms with Gasteiger partial charge in [0.25, 0.3) is 0 Å². The van der Waals surface area contributed by atoms with E-state index in [0.717, 1.165) is 42.8 Å². The monoisotopic (exact) mass is 378 g/mol. The van der Waals surface area contributed by atoms with Crippen LogP contribution in [0.4, 0.5) is 0 Å². The van der Waals surface area contributed by atoms with Crippen molar-refractivity contribution in [2.45, 2.75) is 38.8 Å². The van der Waals surface area contributed by atoms with E-state index in [2.05, 4.69) is 15.7 Å². The third-order valence-corrected chi connectivity index (χ3v) is 4.76. The SMILES string of the molecule is CCOc1cc(C)ccc1CNC(=O)C1(n2cccn2)CCNCC1.Cl. The molecule has 142 valence electrons. The number of carbonyl (C=O) groups is 1. The molecule has 0 radical (unpaired) electrons. The van der Waals surface area contributed by atoms with Crippen LogP contribution in [-0.4, -0.2) is 35.4 Å². The van der Waals surface area contributed by atoms with E-state index in [1.807, 2.05) is 49.0 Å². The van der Waals surface area contributed by atoms with Crippen molar-refractivity contribution in [2.75, 3.05) is 19.7 Å². The molecule has 1 aliphatic heterocycles. The van der Waals surface area contributed by atoms with Crippen LogP contribution in [0, 0.1) is 6.92 Å². The van der Waals surface area contributed by atoms with Gasteiger partial charge < -0.3 is 15.4 Å². The lowest BCUT2D eigenvalue weighted by Gasteiger charge is -2.36. The molecule has 1 aromatic heterocycles. The van der Waals surface area contributed by atoms with Crippen molar-refractivity contribution in [1.29, 1.82) is 0 Å². The fourth-order valence-corrected chi connectivity index (χ4v) is 3.36. The Labute approximate surface area is 160 Å². The second kappa shape index (κ2) is 9.05. The highest BCUT2D eigenvalue weighted by atomic mass is 35.5. The van der Waals surface area contributed by atoms with E-state index in [-0.39, 0.29) is 18.3 Å². The predicted molar refractivity (Wildman–Crippen MR) is 104 cm³/mol. The third kappa shape index (κ3) is 4.19. The van der Waals surface area contributed by atoms with Gasteiger partial charge in [-0.25, -0.2) is 0 Å². The number of carbonyl (C=O) groups excluding carboxylic acids is 1. The van der Waals surface area contributed by atoms with Gasteiger partial charge in [0.05, 0.1) is 6.61 Å². The quantitative estimate of drug-likeness (QED) is 0.810. The molecule has 0 aliphatic carbocycles. The van der Waals surface area contributed by atoms with Crippen molar-refractivity contribution in [3.05, 3.63) is 47.8 Å². The molecule has 0 unspecified atom stereocenters. The van der Waals surface area contributed by atoms with Crippen molar-refractivity contribution < 1.29 is 9.53 Å². The van der Waals surface area contributed by atoms with Gasteiger partial charge in [-0.2, -0.15) is 5.10 Å². The van der Waals surface area contributed by atoms with Gasteiger partial charge in [0, 0.05) is 24.5 Å². The van der Waals surface area contributed by atoms with Gasteiger partial charge in [0.1, 0.15) is 11.3 Å². The van der Waals surface area contributed by atoms with Crippen LogP contribution in [0.2, 0.25) is 0 Å². The Bertz CT molecular complexity index is 712. The van der Waals surface area contributed by atoms with Gasteiger partial charge in [-0.05, 0) is 57.5 Å². The maximum atomic E-state index is 13.1. The summed E-state index contributed by atoms with van der Waals surface area (Å²) in [5.74, 6) is 0.849. The second-order valence-corrected chi connectivity index (χ2v) is 6.46. The van der Waals surface area contributed by atoms with Crippen molar-refractivity contribution in [3.63, 3.8) is 0 Å².